The fourth-order valence-corrected chi connectivity index (χ4v) is 1.61. The van der Waals surface area contributed by atoms with E-state index in [0.29, 0.717) is 5.56 Å². The van der Waals surface area contributed by atoms with Crippen LogP contribution < -0.4 is 0 Å². The lowest BCUT2D eigenvalue weighted by Crippen LogP contribution is -1.94. The topological polar surface area (TPSA) is 61.1 Å². The average Bonchev–Trinajstić information content (AvgIpc) is 2.46. The van der Waals surface area contributed by atoms with Gasteiger partial charge >= 0.3 is 0 Å². The van der Waals surface area contributed by atoms with Crippen molar-refractivity contribution in [1.29, 1.82) is 5.26 Å². The second kappa shape index (κ2) is 5.65. The van der Waals surface area contributed by atoms with Crippen LogP contribution in [-0.4, -0.2) is 10.9 Å². The summed E-state index contributed by atoms with van der Waals surface area (Å²) in [4.78, 5) is 11.9. The lowest BCUT2D eigenvalue weighted by molar-refractivity contribution is 0.104. The minimum absolute atomic E-state index is 0.0306. The SMILES string of the molecule is N#Cc1ccc(C=CC(=O)c2ccccc2O)cc1. The molecule has 0 amide bonds. The van der Waals surface area contributed by atoms with Gasteiger partial charge in [0.15, 0.2) is 5.78 Å². The number of rotatable bonds is 3. The van der Waals surface area contributed by atoms with Crippen LogP contribution in [0.3, 0.4) is 0 Å². The molecule has 0 aliphatic rings. The summed E-state index contributed by atoms with van der Waals surface area (Å²) >= 11 is 0. The van der Waals surface area contributed by atoms with Gasteiger partial charge in [-0.05, 0) is 35.9 Å². The van der Waals surface area contributed by atoms with Crippen molar-refractivity contribution in [2.75, 3.05) is 0 Å². The van der Waals surface area contributed by atoms with Crippen molar-refractivity contribution in [3.63, 3.8) is 0 Å². The summed E-state index contributed by atoms with van der Waals surface area (Å²) in [6, 6.07) is 15.3. The van der Waals surface area contributed by atoms with Crippen LogP contribution in [0.25, 0.3) is 6.08 Å². The van der Waals surface area contributed by atoms with Gasteiger partial charge in [-0.1, -0.05) is 30.3 Å². The molecule has 0 fully saturated rings. The van der Waals surface area contributed by atoms with Crippen molar-refractivity contribution in [3.8, 4) is 11.8 Å². The van der Waals surface area contributed by atoms with Gasteiger partial charge in [0.25, 0.3) is 0 Å². The summed E-state index contributed by atoms with van der Waals surface area (Å²) in [5.74, 6) is -0.292. The van der Waals surface area contributed by atoms with Crippen LogP contribution in [0.15, 0.2) is 54.6 Å². The Morgan fingerprint density at radius 1 is 1.11 bits per heavy atom. The van der Waals surface area contributed by atoms with Crippen LogP contribution in [0.1, 0.15) is 21.5 Å². The molecule has 0 spiro atoms. The number of carbonyl (C=O) groups is 1. The van der Waals surface area contributed by atoms with Crippen LogP contribution in [0.4, 0.5) is 0 Å². The zero-order valence-electron chi connectivity index (χ0n) is 10.1. The van der Waals surface area contributed by atoms with Crippen LogP contribution in [-0.2, 0) is 0 Å². The first kappa shape index (κ1) is 12.6. The number of benzene rings is 2. The number of aromatic hydroxyl groups is 1. The number of carbonyl (C=O) groups excluding carboxylic acids is 1. The Labute approximate surface area is 111 Å². The highest BCUT2D eigenvalue weighted by Crippen LogP contribution is 2.17. The maximum atomic E-state index is 11.9. The number of nitrogens with zero attached hydrogens (tertiary/aromatic N) is 1. The van der Waals surface area contributed by atoms with Gasteiger partial charge in [0, 0.05) is 0 Å². The third-order valence-electron chi connectivity index (χ3n) is 2.64. The molecule has 2 rings (SSSR count). The minimum atomic E-state index is -0.262. The molecule has 92 valence electrons. The van der Waals surface area contributed by atoms with Gasteiger partial charge in [-0.25, -0.2) is 0 Å². The number of para-hydroxylation sites is 1. The van der Waals surface area contributed by atoms with Crippen LogP contribution in [0, 0.1) is 11.3 Å². The summed E-state index contributed by atoms with van der Waals surface area (Å²) in [5, 5.41) is 18.2. The predicted octanol–water partition coefficient (Wildman–Crippen LogP) is 3.16. The van der Waals surface area contributed by atoms with Crippen molar-refractivity contribution in [3.05, 3.63) is 71.3 Å². The summed E-state index contributed by atoms with van der Waals surface area (Å²) in [7, 11) is 0. The third kappa shape index (κ3) is 3.08. The van der Waals surface area contributed by atoms with Crippen molar-refractivity contribution >= 4 is 11.9 Å². The smallest absolute Gasteiger partial charge is 0.189 e. The fraction of sp³-hybridized carbons (Fsp3) is 0. The molecule has 3 nitrogen and oxygen atoms in total. The van der Waals surface area contributed by atoms with Gasteiger partial charge in [-0.15, -0.1) is 0 Å². The van der Waals surface area contributed by atoms with Crippen LogP contribution in [0.5, 0.6) is 5.75 Å². The van der Waals surface area contributed by atoms with Gasteiger partial charge in [0.05, 0.1) is 17.2 Å². The van der Waals surface area contributed by atoms with E-state index in [1.807, 2.05) is 6.07 Å². The average molecular weight is 249 g/mol. The summed E-state index contributed by atoms with van der Waals surface area (Å²) < 4.78 is 0. The summed E-state index contributed by atoms with van der Waals surface area (Å²) in [6.45, 7) is 0. The largest absolute Gasteiger partial charge is 0.507 e. The van der Waals surface area contributed by atoms with Crippen LogP contribution >= 0.6 is 0 Å². The quantitative estimate of drug-likeness (QED) is 0.671. The number of hydrogen-bond donors (Lipinski definition) is 1. The van der Waals surface area contributed by atoms with Crippen molar-refractivity contribution < 1.29 is 9.90 Å². The third-order valence-corrected chi connectivity index (χ3v) is 2.64. The molecule has 0 heterocycles. The van der Waals surface area contributed by atoms with E-state index < -0.39 is 0 Å². The molecule has 19 heavy (non-hydrogen) atoms. The summed E-state index contributed by atoms with van der Waals surface area (Å²) in [5.41, 5.74) is 1.67. The van der Waals surface area contributed by atoms with E-state index in [9.17, 15) is 9.90 Å². The number of ketones is 1. The highest BCUT2D eigenvalue weighted by Gasteiger charge is 2.06. The molecule has 0 aliphatic heterocycles. The molecule has 0 atom stereocenters. The molecule has 0 radical (unpaired) electrons. The first-order valence-corrected chi connectivity index (χ1v) is 5.71. The van der Waals surface area contributed by atoms with E-state index in [1.54, 1.807) is 48.5 Å². The maximum absolute atomic E-state index is 11.9. The Kier molecular flexibility index (Phi) is 3.75. The Bertz CT molecular complexity index is 664. The highest BCUT2D eigenvalue weighted by atomic mass is 16.3. The fourth-order valence-electron chi connectivity index (χ4n) is 1.61. The van der Waals surface area contributed by atoms with E-state index in [-0.39, 0.29) is 17.1 Å². The Balaban J connectivity index is 2.16. The molecule has 2 aromatic rings. The molecule has 0 aliphatic carbocycles. The van der Waals surface area contributed by atoms with E-state index >= 15 is 0 Å². The Morgan fingerprint density at radius 2 is 1.79 bits per heavy atom. The van der Waals surface area contributed by atoms with Crippen molar-refractivity contribution in [2.24, 2.45) is 0 Å². The molecule has 0 saturated carbocycles. The molecular weight excluding hydrogens is 238 g/mol. The highest BCUT2D eigenvalue weighted by molar-refractivity contribution is 6.08. The lowest BCUT2D eigenvalue weighted by atomic mass is 10.1. The minimum Gasteiger partial charge on any atom is -0.507 e. The second-order valence-electron chi connectivity index (χ2n) is 3.95. The van der Waals surface area contributed by atoms with Gasteiger partial charge in [-0.3, -0.25) is 4.79 Å². The molecule has 1 N–H and O–H groups in total. The normalized spacial score (nSPS) is 10.3. The first-order valence-electron chi connectivity index (χ1n) is 5.71. The van der Waals surface area contributed by atoms with Crippen LogP contribution in [0.2, 0.25) is 0 Å². The second-order valence-corrected chi connectivity index (χ2v) is 3.95. The van der Waals surface area contributed by atoms with Gasteiger partial charge < -0.3 is 5.11 Å². The first-order chi connectivity index (χ1) is 9.20. The lowest BCUT2D eigenvalue weighted by Gasteiger charge is -1.99. The molecule has 0 aromatic heterocycles. The zero-order valence-corrected chi connectivity index (χ0v) is 10.1. The van der Waals surface area contributed by atoms with E-state index in [2.05, 4.69) is 0 Å². The predicted molar refractivity (Wildman–Crippen MR) is 72.6 cm³/mol. The molecule has 0 saturated heterocycles. The monoisotopic (exact) mass is 249 g/mol. The van der Waals surface area contributed by atoms with E-state index in [0.717, 1.165) is 5.56 Å². The number of hydrogen-bond acceptors (Lipinski definition) is 3. The molecule has 0 unspecified atom stereocenters. The molecule has 3 heteroatoms. The molecule has 2 aromatic carbocycles. The van der Waals surface area contributed by atoms with Gasteiger partial charge in [0.1, 0.15) is 5.75 Å². The standard InChI is InChI=1S/C16H11NO2/c17-11-13-7-5-12(6-8-13)9-10-16(19)14-3-1-2-4-15(14)18/h1-10,18H. The maximum Gasteiger partial charge on any atom is 0.189 e. The zero-order chi connectivity index (χ0) is 13.7. The number of phenols is 1. The van der Waals surface area contributed by atoms with Gasteiger partial charge in [0.2, 0.25) is 0 Å². The molecular formula is C16H11NO2. The summed E-state index contributed by atoms with van der Waals surface area (Å²) in [6.07, 6.45) is 3.05. The van der Waals surface area contributed by atoms with E-state index in [4.69, 9.17) is 5.26 Å². The van der Waals surface area contributed by atoms with Gasteiger partial charge in [-0.2, -0.15) is 5.26 Å². The number of allylic oxidation sites excluding steroid dienone is 1. The number of phenolic OH excluding ortho intramolecular Hbond substituents is 1. The van der Waals surface area contributed by atoms with E-state index in [1.165, 1.54) is 12.1 Å². The Morgan fingerprint density at radius 3 is 2.42 bits per heavy atom. The molecule has 0 bridgehead atoms. The van der Waals surface area contributed by atoms with Crippen molar-refractivity contribution in [1.82, 2.24) is 0 Å². The van der Waals surface area contributed by atoms with Crippen molar-refractivity contribution in [2.45, 2.75) is 0 Å². The Hall–Kier alpha value is -2.86. The number of nitriles is 1.